The van der Waals surface area contributed by atoms with Gasteiger partial charge in [-0.2, -0.15) is 4.31 Å². The molecule has 2 aromatic rings. The zero-order valence-electron chi connectivity index (χ0n) is 18.2. The van der Waals surface area contributed by atoms with Gasteiger partial charge in [-0.3, -0.25) is 9.59 Å². The van der Waals surface area contributed by atoms with Gasteiger partial charge < -0.3 is 14.8 Å². The van der Waals surface area contributed by atoms with Crippen molar-refractivity contribution in [2.75, 3.05) is 33.7 Å². The van der Waals surface area contributed by atoms with Crippen LogP contribution in [0.4, 0.5) is 0 Å². The van der Waals surface area contributed by atoms with E-state index in [1.54, 1.807) is 19.9 Å². The topological polar surface area (TPSA) is 91.7 Å². The summed E-state index contributed by atoms with van der Waals surface area (Å²) in [7, 11) is 0.0289. The van der Waals surface area contributed by atoms with Gasteiger partial charge in [-0.1, -0.05) is 43.6 Å². The molecule has 1 unspecified atom stereocenters. The number of carbonyl (C=O) groups is 1. The van der Waals surface area contributed by atoms with Gasteiger partial charge in [-0.15, -0.1) is 0 Å². The molecule has 1 aromatic carbocycles. The van der Waals surface area contributed by atoms with Gasteiger partial charge in [-0.05, 0) is 31.8 Å². The molecule has 0 saturated carbocycles. The first-order valence-corrected chi connectivity index (χ1v) is 11.8. The average molecular weight is 469 g/mol. The monoisotopic (exact) mass is 468 g/mol. The number of hydrogen-bond donors (Lipinski definition) is 1. The lowest BCUT2D eigenvalue weighted by Crippen LogP contribution is -2.38. The molecule has 0 aliphatic carbocycles. The molecule has 0 spiro atoms. The summed E-state index contributed by atoms with van der Waals surface area (Å²) < 4.78 is 27.8. The van der Waals surface area contributed by atoms with Crippen molar-refractivity contribution in [3.05, 3.63) is 63.5 Å². The number of nitrogens with zero attached hydrogens (tertiary/aromatic N) is 3. The van der Waals surface area contributed by atoms with Crippen LogP contribution >= 0.6 is 11.6 Å². The molecule has 8 nitrogen and oxygen atoms in total. The highest BCUT2D eigenvalue weighted by Crippen LogP contribution is 2.25. The van der Waals surface area contributed by atoms with Crippen molar-refractivity contribution >= 4 is 27.5 Å². The van der Waals surface area contributed by atoms with Crippen LogP contribution in [0, 0.1) is 0 Å². The zero-order chi connectivity index (χ0) is 23.2. The Morgan fingerprint density at radius 3 is 2.35 bits per heavy atom. The van der Waals surface area contributed by atoms with Gasteiger partial charge in [0, 0.05) is 36.9 Å². The molecule has 1 amide bonds. The first-order valence-electron chi connectivity index (χ1n) is 10.00. The van der Waals surface area contributed by atoms with Gasteiger partial charge in [-0.25, -0.2) is 8.42 Å². The molecule has 0 fully saturated rings. The van der Waals surface area contributed by atoms with Gasteiger partial charge in [0.2, 0.25) is 15.9 Å². The second kappa shape index (κ2) is 10.9. The van der Waals surface area contributed by atoms with Crippen LogP contribution in [0.5, 0.6) is 0 Å². The summed E-state index contributed by atoms with van der Waals surface area (Å²) in [6.07, 6.45) is 1.22. The number of sulfonamides is 1. The smallest absolute Gasteiger partial charge is 0.251 e. The number of nitrogens with one attached hydrogen (secondary N) is 1. The lowest BCUT2D eigenvalue weighted by atomic mass is 10.1. The maximum Gasteiger partial charge on any atom is 0.251 e. The van der Waals surface area contributed by atoms with Crippen molar-refractivity contribution < 1.29 is 13.2 Å². The van der Waals surface area contributed by atoms with Crippen LogP contribution in [-0.2, 0) is 21.4 Å². The van der Waals surface area contributed by atoms with Gasteiger partial charge in [0.1, 0.15) is 6.54 Å². The van der Waals surface area contributed by atoms with Crippen molar-refractivity contribution in [2.45, 2.75) is 31.3 Å². The van der Waals surface area contributed by atoms with Crippen molar-refractivity contribution in [1.82, 2.24) is 19.1 Å². The number of hydrogen-bond acceptors (Lipinski definition) is 5. The van der Waals surface area contributed by atoms with Crippen LogP contribution in [-0.4, -0.2) is 61.8 Å². The van der Waals surface area contributed by atoms with Crippen molar-refractivity contribution in [3.63, 3.8) is 0 Å². The molecule has 170 valence electrons. The largest absolute Gasteiger partial charge is 0.353 e. The number of likely N-dealkylation sites (N-methyl/N-ethyl adjacent to an activating group) is 1. The molecule has 31 heavy (non-hydrogen) atoms. The van der Waals surface area contributed by atoms with Gasteiger partial charge in [0.05, 0.1) is 10.9 Å². The van der Waals surface area contributed by atoms with E-state index in [0.29, 0.717) is 18.1 Å². The number of aromatic nitrogens is 1. The molecule has 1 aromatic heterocycles. The van der Waals surface area contributed by atoms with E-state index in [0.717, 1.165) is 16.2 Å². The van der Waals surface area contributed by atoms with Crippen molar-refractivity contribution in [2.24, 2.45) is 0 Å². The minimum atomic E-state index is -3.73. The Morgan fingerprint density at radius 1 is 1.13 bits per heavy atom. The maximum absolute atomic E-state index is 12.7. The molecule has 2 rings (SSSR count). The fraction of sp³-hybridized carbons (Fsp3) is 0.429. The third-order valence-corrected chi connectivity index (χ3v) is 7.37. The molecule has 1 atom stereocenters. The molecule has 0 radical (unpaired) electrons. The molecule has 1 heterocycles. The normalized spacial score (nSPS) is 12.9. The Morgan fingerprint density at radius 2 is 1.77 bits per heavy atom. The average Bonchev–Trinajstić information content (AvgIpc) is 2.71. The van der Waals surface area contributed by atoms with E-state index in [1.165, 1.54) is 16.6 Å². The van der Waals surface area contributed by atoms with E-state index < -0.39 is 21.5 Å². The SMILES string of the molecule is CCN(CC)S(=O)(=O)c1ccc(=O)n(CC(=O)NCC(c2ccccc2Cl)N(C)C)c1. The van der Waals surface area contributed by atoms with Crippen LogP contribution in [0.1, 0.15) is 25.5 Å². The fourth-order valence-electron chi connectivity index (χ4n) is 3.24. The van der Waals surface area contributed by atoms with E-state index in [4.69, 9.17) is 11.6 Å². The Labute approximate surface area is 188 Å². The summed E-state index contributed by atoms with van der Waals surface area (Å²) in [4.78, 5) is 26.7. The number of benzene rings is 1. The van der Waals surface area contributed by atoms with Crippen LogP contribution in [0.3, 0.4) is 0 Å². The standard InChI is InChI=1S/C21H29ClN4O4S/c1-5-26(6-2)31(29,30)16-11-12-21(28)25(14-16)15-20(27)23-13-19(24(3)4)17-9-7-8-10-18(17)22/h7-12,14,19H,5-6,13,15H2,1-4H3,(H,23,27). The summed E-state index contributed by atoms with van der Waals surface area (Å²) in [5.41, 5.74) is 0.419. The lowest BCUT2D eigenvalue weighted by molar-refractivity contribution is -0.121. The number of carbonyl (C=O) groups excluding carboxylic acids is 1. The fourth-order valence-corrected chi connectivity index (χ4v) is 4.98. The van der Waals surface area contributed by atoms with Crippen LogP contribution in [0.25, 0.3) is 0 Å². The Kier molecular flexibility index (Phi) is 8.81. The Hall–Kier alpha value is -2.20. The molecular weight excluding hydrogens is 440 g/mol. The summed E-state index contributed by atoms with van der Waals surface area (Å²) in [6.45, 7) is 4.10. The minimum Gasteiger partial charge on any atom is -0.353 e. The van der Waals surface area contributed by atoms with Gasteiger partial charge >= 0.3 is 0 Å². The molecule has 0 saturated heterocycles. The van der Waals surface area contributed by atoms with Crippen molar-refractivity contribution in [3.8, 4) is 0 Å². The van der Waals surface area contributed by atoms with Crippen molar-refractivity contribution in [1.29, 1.82) is 0 Å². The second-order valence-electron chi connectivity index (χ2n) is 7.23. The van der Waals surface area contributed by atoms with Crippen LogP contribution < -0.4 is 10.9 Å². The number of halogens is 1. The molecule has 10 heteroatoms. The summed E-state index contributed by atoms with van der Waals surface area (Å²) >= 11 is 6.29. The molecule has 1 N–H and O–H groups in total. The summed E-state index contributed by atoms with van der Waals surface area (Å²) in [6, 6.07) is 9.66. The third-order valence-electron chi connectivity index (χ3n) is 4.99. The molecular formula is C21H29ClN4O4S. The quantitative estimate of drug-likeness (QED) is 0.575. The second-order valence-corrected chi connectivity index (χ2v) is 9.57. The van der Waals surface area contributed by atoms with Crippen LogP contribution in [0.15, 0.2) is 52.3 Å². The van der Waals surface area contributed by atoms with Gasteiger partial charge in [0.15, 0.2) is 0 Å². The summed E-state index contributed by atoms with van der Waals surface area (Å²) in [5.74, 6) is -0.404. The number of amides is 1. The maximum atomic E-state index is 12.7. The van der Waals surface area contributed by atoms with E-state index in [1.807, 2.05) is 37.2 Å². The summed E-state index contributed by atoms with van der Waals surface area (Å²) in [5, 5.41) is 3.41. The molecule has 0 bridgehead atoms. The molecule has 0 aliphatic rings. The highest BCUT2D eigenvalue weighted by Gasteiger charge is 2.23. The van der Waals surface area contributed by atoms with E-state index in [2.05, 4.69) is 5.32 Å². The predicted molar refractivity (Wildman–Crippen MR) is 122 cm³/mol. The predicted octanol–water partition coefficient (Wildman–Crippen LogP) is 1.95. The van der Waals surface area contributed by atoms with E-state index in [9.17, 15) is 18.0 Å². The minimum absolute atomic E-state index is 0.0224. The first-order chi connectivity index (χ1) is 14.6. The van der Waals surface area contributed by atoms with E-state index in [-0.39, 0.29) is 24.0 Å². The number of rotatable bonds is 10. The van der Waals surface area contributed by atoms with Crippen LogP contribution in [0.2, 0.25) is 5.02 Å². The van der Waals surface area contributed by atoms with Gasteiger partial charge in [0.25, 0.3) is 5.56 Å². The third kappa shape index (κ3) is 6.16. The highest BCUT2D eigenvalue weighted by molar-refractivity contribution is 7.89. The Balaban J connectivity index is 2.17. The highest BCUT2D eigenvalue weighted by atomic mass is 35.5. The lowest BCUT2D eigenvalue weighted by Gasteiger charge is -2.26. The zero-order valence-corrected chi connectivity index (χ0v) is 19.8. The number of pyridine rings is 1. The Bertz CT molecular complexity index is 1070. The van der Waals surface area contributed by atoms with E-state index >= 15 is 0 Å². The molecule has 0 aliphatic heterocycles. The first kappa shape index (κ1) is 25.1.